The third-order valence-electron chi connectivity index (χ3n) is 2.08. The lowest BCUT2D eigenvalue weighted by molar-refractivity contribution is 0.615. The largest absolute Gasteiger partial charge is 0.464 e. The minimum atomic E-state index is 0.799. The summed E-state index contributed by atoms with van der Waals surface area (Å²) < 4.78 is 5.28. The van der Waals surface area contributed by atoms with Gasteiger partial charge in [0.1, 0.15) is 5.58 Å². The summed E-state index contributed by atoms with van der Waals surface area (Å²) >= 11 is 0. The average molecular weight is 198 g/mol. The maximum atomic E-state index is 5.28. The molecular weight excluding hydrogens is 186 g/mol. The molecule has 0 bridgehead atoms. The van der Waals surface area contributed by atoms with Gasteiger partial charge in [-0.15, -0.1) is 0 Å². The van der Waals surface area contributed by atoms with Gasteiger partial charge in [-0.3, -0.25) is 4.98 Å². The van der Waals surface area contributed by atoms with E-state index in [-0.39, 0.29) is 0 Å². The van der Waals surface area contributed by atoms with Crippen molar-refractivity contribution < 1.29 is 4.42 Å². The summed E-state index contributed by atoms with van der Waals surface area (Å²) in [4.78, 5) is 4.28. The van der Waals surface area contributed by atoms with Crippen molar-refractivity contribution in [2.45, 2.75) is 6.42 Å². The van der Waals surface area contributed by atoms with E-state index in [1.165, 1.54) is 0 Å². The van der Waals surface area contributed by atoms with Crippen LogP contribution < -0.4 is 0 Å². The number of furan rings is 1. The molecule has 2 heterocycles. The van der Waals surface area contributed by atoms with Crippen LogP contribution >= 0.6 is 0 Å². The number of aromatic nitrogens is 1. The minimum Gasteiger partial charge on any atom is -0.464 e. The standard InChI is InChI=1S/C13H12NO/c1-2-3-4-5-6-12-11-8-10-15-13(11)7-9-14-12/h3-10H,1-2H2. The number of fused-ring (bicyclic) bond motifs is 1. The molecule has 15 heavy (non-hydrogen) atoms. The van der Waals surface area contributed by atoms with Crippen LogP contribution in [0.5, 0.6) is 0 Å². The smallest absolute Gasteiger partial charge is 0.137 e. The van der Waals surface area contributed by atoms with Crippen LogP contribution in [0, 0.1) is 6.92 Å². The number of hydrogen-bond acceptors (Lipinski definition) is 2. The number of allylic oxidation sites excluding steroid dienone is 3. The Morgan fingerprint density at radius 1 is 1.33 bits per heavy atom. The van der Waals surface area contributed by atoms with Crippen molar-refractivity contribution in [1.82, 2.24) is 4.98 Å². The fraction of sp³-hybridized carbons (Fsp3) is 0.0769. The lowest BCUT2D eigenvalue weighted by atomic mass is 10.2. The van der Waals surface area contributed by atoms with Crippen molar-refractivity contribution in [2.24, 2.45) is 0 Å². The molecule has 2 aromatic rings. The van der Waals surface area contributed by atoms with E-state index in [2.05, 4.69) is 11.9 Å². The Labute approximate surface area is 88.9 Å². The lowest BCUT2D eigenvalue weighted by Crippen LogP contribution is -1.78. The molecular formula is C13H12NO. The Bertz CT molecular complexity index is 494. The van der Waals surface area contributed by atoms with Gasteiger partial charge >= 0.3 is 0 Å². The van der Waals surface area contributed by atoms with E-state index in [1.54, 1.807) is 12.5 Å². The molecule has 2 aromatic heterocycles. The quantitative estimate of drug-likeness (QED) is 0.704. The summed E-state index contributed by atoms with van der Waals surface area (Å²) in [5.41, 5.74) is 1.79. The lowest BCUT2D eigenvalue weighted by Gasteiger charge is -1.92. The first-order valence-electron chi connectivity index (χ1n) is 4.86. The minimum absolute atomic E-state index is 0.799. The predicted molar refractivity (Wildman–Crippen MR) is 62.2 cm³/mol. The molecule has 0 aliphatic carbocycles. The van der Waals surface area contributed by atoms with Gasteiger partial charge in [0.2, 0.25) is 0 Å². The molecule has 0 spiro atoms. The summed E-state index contributed by atoms with van der Waals surface area (Å²) in [6.45, 7) is 3.72. The van der Waals surface area contributed by atoms with Crippen molar-refractivity contribution in [3.63, 3.8) is 0 Å². The zero-order valence-corrected chi connectivity index (χ0v) is 8.39. The van der Waals surface area contributed by atoms with E-state index in [0.29, 0.717) is 0 Å². The van der Waals surface area contributed by atoms with Crippen LogP contribution in [0.15, 0.2) is 47.2 Å². The van der Waals surface area contributed by atoms with Crippen molar-refractivity contribution in [3.8, 4) is 0 Å². The molecule has 2 rings (SSSR count). The SMILES string of the molecule is [CH2]CC=CC=Cc1nccc2occc12. The topological polar surface area (TPSA) is 26.0 Å². The van der Waals surface area contributed by atoms with Gasteiger partial charge in [0.15, 0.2) is 0 Å². The summed E-state index contributed by atoms with van der Waals surface area (Å²) in [6, 6.07) is 3.78. The number of pyridine rings is 1. The monoisotopic (exact) mass is 198 g/mol. The summed E-state index contributed by atoms with van der Waals surface area (Å²) in [6.07, 6.45) is 12.1. The fourth-order valence-corrected chi connectivity index (χ4v) is 1.37. The summed E-state index contributed by atoms with van der Waals surface area (Å²) in [5, 5.41) is 1.04. The molecule has 0 aliphatic rings. The molecule has 2 heteroatoms. The Balaban J connectivity index is 2.31. The second-order valence-corrected chi connectivity index (χ2v) is 3.10. The fourth-order valence-electron chi connectivity index (χ4n) is 1.37. The maximum absolute atomic E-state index is 5.28. The normalized spacial score (nSPS) is 12.1. The van der Waals surface area contributed by atoms with Gasteiger partial charge in [-0.05, 0) is 31.6 Å². The molecule has 0 atom stereocenters. The zero-order chi connectivity index (χ0) is 10.5. The molecule has 0 N–H and O–H groups in total. The Morgan fingerprint density at radius 3 is 3.13 bits per heavy atom. The molecule has 1 radical (unpaired) electrons. The number of rotatable bonds is 3. The van der Waals surface area contributed by atoms with Crippen molar-refractivity contribution in [3.05, 3.63) is 55.4 Å². The highest BCUT2D eigenvalue weighted by atomic mass is 16.3. The van der Waals surface area contributed by atoms with Crippen LogP contribution in [0.3, 0.4) is 0 Å². The van der Waals surface area contributed by atoms with Crippen molar-refractivity contribution >= 4 is 17.0 Å². The van der Waals surface area contributed by atoms with Gasteiger partial charge in [-0.1, -0.05) is 18.2 Å². The predicted octanol–water partition coefficient (Wildman–Crippen LogP) is 3.62. The zero-order valence-electron chi connectivity index (χ0n) is 8.39. The number of nitrogens with zero attached hydrogens (tertiary/aromatic N) is 1. The van der Waals surface area contributed by atoms with Crippen LogP contribution in [0.4, 0.5) is 0 Å². The van der Waals surface area contributed by atoms with Gasteiger partial charge < -0.3 is 4.42 Å². The van der Waals surface area contributed by atoms with E-state index in [9.17, 15) is 0 Å². The summed E-state index contributed by atoms with van der Waals surface area (Å²) in [5.74, 6) is 0. The first-order chi connectivity index (χ1) is 7.42. The molecule has 2 nitrogen and oxygen atoms in total. The third kappa shape index (κ3) is 2.15. The second kappa shape index (κ2) is 4.60. The van der Waals surface area contributed by atoms with E-state index >= 15 is 0 Å². The Kier molecular flexibility index (Phi) is 2.98. The highest BCUT2D eigenvalue weighted by Crippen LogP contribution is 2.18. The van der Waals surface area contributed by atoms with Crippen molar-refractivity contribution in [2.75, 3.05) is 0 Å². The second-order valence-electron chi connectivity index (χ2n) is 3.10. The van der Waals surface area contributed by atoms with Crippen LogP contribution in [0.25, 0.3) is 17.0 Å². The first-order valence-corrected chi connectivity index (χ1v) is 4.86. The molecule has 0 saturated heterocycles. The summed E-state index contributed by atoms with van der Waals surface area (Å²) in [7, 11) is 0. The number of hydrogen-bond donors (Lipinski definition) is 0. The van der Waals surface area contributed by atoms with E-state index in [4.69, 9.17) is 4.42 Å². The van der Waals surface area contributed by atoms with Gasteiger partial charge in [0.05, 0.1) is 12.0 Å². The van der Waals surface area contributed by atoms with Crippen LogP contribution in [0.2, 0.25) is 0 Å². The third-order valence-corrected chi connectivity index (χ3v) is 2.08. The van der Waals surface area contributed by atoms with Gasteiger partial charge in [0.25, 0.3) is 0 Å². The molecule has 0 amide bonds. The molecule has 0 aromatic carbocycles. The molecule has 0 unspecified atom stereocenters. The molecule has 75 valence electrons. The Morgan fingerprint density at radius 2 is 2.27 bits per heavy atom. The van der Waals surface area contributed by atoms with Gasteiger partial charge in [0, 0.05) is 11.6 Å². The molecule has 0 fully saturated rings. The molecule has 0 saturated carbocycles. The molecule has 0 aliphatic heterocycles. The highest BCUT2D eigenvalue weighted by molar-refractivity contribution is 5.84. The van der Waals surface area contributed by atoms with Crippen LogP contribution in [-0.4, -0.2) is 4.98 Å². The van der Waals surface area contributed by atoms with Crippen LogP contribution in [-0.2, 0) is 0 Å². The van der Waals surface area contributed by atoms with E-state index in [1.807, 2.05) is 36.4 Å². The van der Waals surface area contributed by atoms with Gasteiger partial charge in [-0.2, -0.15) is 0 Å². The highest BCUT2D eigenvalue weighted by Gasteiger charge is 2.00. The Hall–Kier alpha value is -1.83. The van der Waals surface area contributed by atoms with E-state index in [0.717, 1.165) is 23.1 Å². The maximum Gasteiger partial charge on any atom is 0.137 e. The van der Waals surface area contributed by atoms with E-state index < -0.39 is 0 Å². The first kappa shape index (κ1) is 9.71. The van der Waals surface area contributed by atoms with Gasteiger partial charge in [-0.25, -0.2) is 0 Å². The van der Waals surface area contributed by atoms with Crippen LogP contribution in [0.1, 0.15) is 12.1 Å². The average Bonchev–Trinajstić information content (AvgIpc) is 2.73. The van der Waals surface area contributed by atoms with Crippen molar-refractivity contribution in [1.29, 1.82) is 0 Å².